The average Bonchev–Trinajstić information content (AvgIpc) is 2.45. The third-order valence-corrected chi connectivity index (χ3v) is 3.88. The fourth-order valence-electron chi connectivity index (χ4n) is 2.69. The molecule has 112 valence electrons. The summed E-state index contributed by atoms with van der Waals surface area (Å²) in [5.41, 5.74) is 7.42. The number of hydrogen-bond donors (Lipinski definition) is 1. The fraction of sp³-hybridized carbons (Fsp3) is 0.412. The van der Waals surface area contributed by atoms with Crippen molar-refractivity contribution in [3.8, 4) is 0 Å². The number of hydrogen-bond acceptors (Lipinski definition) is 2. The van der Waals surface area contributed by atoms with Gasteiger partial charge in [0, 0.05) is 25.6 Å². The first kappa shape index (κ1) is 15.3. The average molecular weight is 286 g/mol. The number of amides is 2. The molecule has 0 unspecified atom stereocenters. The number of nitrogens with two attached hydrogens (primary N) is 1. The summed E-state index contributed by atoms with van der Waals surface area (Å²) in [6.07, 6.45) is 5.62. The van der Waals surface area contributed by atoms with Gasteiger partial charge in [0.25, 0.3) is 0 Å². The van der Waals surface area contributed by atoms with Crippen LogP contribution in [0, 0.1) is 12.8 Å². The van der Waals surface area contributed by atoms with E-state index < -0.39 is 0 Å². The van der Waals surface area contributed by atoms with Crippen LogP contribution in [-0.2, 0) is 9.59 Å². The fourth-order valence-corrected chi connectivity index (χ4v) is 2.69. The number of aryl methyl sites for hydroxylation is 1. The monoisotopic (exact) mass is 286 g/mol. The second-order valence-electron chi connectivity index (χ2n) is 5.69. The number of piperidine rings is 1. The Morgan fingerprint density at radius 3 is 2.67 bits per heavy atom. The molecular formula is C17H22N2O2. The van der Waals surface area contributed by atoms with E-state index >= 15 is 0 Å². The summed E-state index contributed by atoms with van der Waals surface area (Å²) in [4.78, 5) is 24.9. The van der Waals surface area contributed by atoms with Crippen LogP contribution in [0.4, 0.5) is 0 Å². The molecule has 21 heavy (non-hydrogen) atoms. The van der Waals surface area contributed by atoms with E-state index in [4.69, 9.17) is 5.73 Å². The summed E-state index contributed by atoms with van der Waals surface area (Å²) in [5, 5.41) is 0. The summed E-state index contributed by atoms with van der Waals surface area (Å²) >= 11 is 0. The standard InChI is InChI=1S/C17H22N2O2/c1-13-3-2-4-14(11-13)5-6-17(21)19-9-7-15(8-10-19)12-16(18)20/h2-6,11,15H,7-10,12H2,1H3,(H2,18,20)/b6-5+. The highest BCUT2D eigenvalue weighted by Gasteiger charge is 2.22. The topological polar surface area (TPSA) is 63.4 Å². The predicted molar refractivity (Wildman–Crippen MR) is 83.3 cm³/mol. The minimum atomic E-state index is -0.251. The van der Waals surface area contributed by atoms with Gasteiger partial charge in [0.15, 0.2) is 0 Å². The molecule has 2 rings (SSSR count). The maximum absolute atomic E-state index is 12.1. The number of carbonyl (C=O) groups is 2. The van der Waals surface area contributed by atoms with Crippen molar-refractivity contribution in [2.75, 3.05) is 13.1 Å². The number of likely N-dealkylation sites (tertiary alicyclic amines) is 1. The van der Waals surface area contributed by atoms with Gasteiger partial charge in [0.2, 0.25) is 11.8 Å². The summed E-state index contributed by atoms with van der Waals surface area (Å²) in [5.74, 6) is 0.112. The number of primary amides is 1. The van der Waals surface area contributed by atoms with E-state index in [1.165, 1.54) is 5.56 Å². The van der Waals surface area contributed by atoms with Gasteiger partial charge in [-0.05, 0) is 37.3 Å². The lowest BCUT2D eigenvalue weighted by atomic mass is 9.93. The zero-order valence-electron chi connectivity index (χ0n) is 12.4. The lowest BCUT2D eigenvalue weighted by Gasteiger charge is -2.30. The molecule has 2 N–H and O–H groups in total. The first-order chi connectivity index (χ1) is 10.0. The number of carbonyl (C=O) groups excluding carboxylic acids is 2. The molecule has 1 aromatic carbocycles. The van der Waals surface area contributed by atoms with E-state index in [9.17, 15) is 9.59 Å². The first-order valence-corrected chi connectivity index (χ1v) is 7.36. The van der Waals surface area contributed by atoms with E-state index in [0.717, 1.165) is 18.4 Å². The van der Waals surface area contributed by atoms with Gasteiger partial charge in [-0.25, -0.2) is 0 Å². The molecule has 0 aliphatic carbocycles. The van der Waals surface area contributed by atoms with Crippen molar-refractivity contribution in [2.45, 2.75) is 26.2 Å². The van der Waals surface area contributed by atoms with Gasteiger partial charge in [0.1, 0.15) is 0 Å². The summed E-state index contributed by atoms with van der Waals surface area (Å²) in [6.45, 7) is 3.44. The van der Waals surface area contributed by atoms with Crippen LogP contribution in [0.1, 0.15) is 30.4 Å². The molecule has 1 aliphatic heterocycles. The highest BCUT2D eigenvalue weighted by molar-refractivity contribution is 5.91. The van der Waals surface area contributed by atoms with Gasteiger partial charge in [-0.1, -0.05) is 29.8 Å². The van der Waals surface area contributed by atoms with Crippen molar-refractivity contribution in [1.82, 2.24) is 4.90 Å². The van der Waals surface area contributed by atoms with Gasteiger partial charge in [-0.3, -0.25) is 9.59 Å². The van der Waals surface area contributed by atoms with Crippen LogP contribution < -0.4 is 5.73 Å². The summed E-state index contributed by atoms with van der Waals surface area (Å²) < 4.78 is 0. The predicted octanol–water partition coefficient (Wildman–Crippen LogP) is 2.12. The van der Waals surface area contributed by atoms with Gasteiger partial charge in [0.05, 0.1) is 0 Å². The quantitative estimate of drug-likeness (QED) is 0.862. The molecule has 1 aliphatic rings. The summed E-state index contributed by atoms with van der Waals surface area (Å²) in [6, 6.07) is 8.04. The van der Waals surface area contributed by atoms with Crippen molar-refractivity contribution in [3.05, 3.63) is 41.5 Å². The Bertz CT molecular complexity index is 543. The smallest absolute Gasteiger partial charge is 0.246 e. The maximum atomic E-state index is 12.1. The van der Waals surface area contributed by atoms with Gasteiger partial charge in [-0.2, -0.15) is 0 Å². The van der Waals surface area contributed by atoms with Gasteiger partial charge in [-0.15, -0.1) is 0 Å². The molecular weight excluding hydrogens is 264 g/mol. The van der Waals surface area contributed by atoms with Crippen LogP contribution in [0.2, 0.25) is 0 Å². The Labute approximate surface area is 125 Å². The lowest BCUT2D eigenvalue weighted by Crippen LogP contribution is -2.38. The lowest BCUT2D eigenvalue weighted by molar-refractivity contribution is -0.127. The van der Waals surface area contributed by atoms with E-state index in [1.54, 1.807) is 6.08 Å². The molecule has 0 atom stereocenters. The summed E-state index contributed by atoms with van der Waals surface area (Å²) in [7, 11) is 0. The number of benzene rings is 1. The van der Waals surface area contributed by atoms with Crippen LogP contribution in [0.15, 0.2) is 30.3 Å². The van der Waals surface area contributed by atoms with Crippen LogP contribution in [0.5, 0.6) is 0 Å². The molecule has 4 heteroatoms. The minimum absolute atomic E-state index is 0.0361. The molecule has 0 spiro atoms. The van der Waals surface area contributed by atoms with E-state index in [1.807, 2.05) is 42.2 Å². The van der Waals surface area contributed by atoms with E-state index in [0.29, 0.717) is 25.4 Å². The van der Waals surface area contributed by atoms with E-state index in [-0.39, 0.29) is 11.8 Å². The normalized spacial score (nSPS) is 16.3. The van der Waals surface area contributed by atoms with Crippen molar-refractivity contribution >= 4 is 17.9 Å². The van der Waals surface area contributed by atoms with Crippen LogP contribution >= 0.6 is 0 Å². The molecule has 1 fully saturated rings. The third-order valence-electron chi connectivity index (χ3n) is 3.88. The second-order valence-corrected chi connectivity index (χ2v) is 5.69. The molecule has 2 amide bonds. The highest BCUT2D eigenvalue weighted by Crippen LogP contribution is 2.20. The number of nitrogens with zero attached hydrogens (tertiary/aromatic N) is 1. The Kier molecular flexibility index (Phi) is 5.14. The maximum Gasteiger partial charge on any atom is 0.246 e. The van der Waals surface area contributed by atoms with Crippen molar-refractivity contribution < 1.29 is 9.59 Å². The molecule has 1 saturated heterocycles. The molecule has 0 radical (unpaired) electrons. The van der Waals surface area contributed by atoms with Crippen molar-refractivity contribution in [2.24, 2.45) is 11.7 Å². The Morgan fingerprint density at radius 1 is 1.33 bits per heavy atom. The highest BCUT2D eigenvalue weighted by atomic mass is 16.2. The Balaban J connectivity index is 1.86. The molecule has 1 heterocycles. The van der Waals surface area contributed by atoms with Crippen LogP contribution in [-0.4, -0.2) is 29.8 Å². The zero-order valence-corrected chi connectivity index (χ0v) is 12.4. The van der Waals surface area contributed by atoms with Crippen molar-refractivity contribution in [3.63, 3.8) is 0 Å². The number of rotatable bonds is 4. The van der Waals surface area contributed by atoms with Crippen LogP contribution in [0.3, 0.4) is 0 Å². The zero-order chi connectivity index (χ0) is 15.2. The van der Waals surface area contributed by atoms with E-state index in [2.05, 4.69) is 0 Å². The molecule has 0 saturated carbocycles. The largest absolute Gasteiger partial charge is 0.370 e. The van der Waals surface area contributed by atoms with Crippen LogP contribution in [0.25, 0.3) is 6.08 Å². The Hall–Kier alpha value is -2.10. The molecule has 4 nitrogen and oxygen atoms in total. The first-order valence-electron chi connectivity index (χ1n) is 7.36. The molecule has 0 bridgehead atoms. The van der Waals surface area contributed by atoms with Crippen molar-refractivity contribution in [1.29, 1.82) is 0 Å². The third kappa shape index (κ3) is 4.74. The minimum Gasteiger partial charge on any atom is -0.370 e. The van der Waals surface area contributed by atoms with Gasteiger partial charge >= 0.3 is 0 Å². The molecule has 0 aromatic heterocycles. The van der Waals surface area contributed by atoms with Gasteiger partial charge < -0.3 is 10.6 Å². The Morgan fingerprint density at radius 2 is 2.05 bits per heavy atom. The SMILES string of the molecule is Cc1cccc(/C=C/C(=O)N2CCC(CC(N)=O)CC2)c1. The molecule has 1 aromatic rings. The second kappa shape index (κ2) is 7.07.